The molecule has 0 saturated heterocycles. The van der Waals surface area contributed by atoms with Crippen LogP contribution in [0.25, 0.3) is 0 Å². The molecule has 0 bridgehead atoms. The highest BCUT2D eigenvalue weighted by Crippen LogP contribution is 2.25. The average molecular weight is 402 g/mol. The molecule has 0 spiro atoms. The van der Waals surface area contributed by atoms with Crippen molar-refractivity contribution < 1.29 is 23.9 Å². The van der Waals surface area contributed by atoms with Gasteiger partial charge in [-0.25, -0.2) is 4.79 Å². The van der Waals surface area contributed by atoms with E-state index in [-0.39, 0.29) is 24.5 Å². The number of amides is 3. The number of ether oxygens (including phenoxy) is 1. The minimum atomic E-state index is -0.719. The molecule has 1 rings (SSSR count). The summed E-state index contributed by atoms with van der Waals surface area (Å²) in [6.07, 6.45) is 1.54. The van der Waals surface area contributed by atoms with Crippen LogP contribution in [0.3, 0.4) is 0 Å². The topological polar surface area (TPSA) is 114 Å². The van der Waals surface area contributed by atoms with Gasteiger partial charge < -0.3 is 10.1 Å². The summed E-state index contributed by atoms with van der Waals surface area (Å²) >= 11 is 11.7. The normalized spacial score (nSPS) is 10.3. The van der Waals surface area contributed by atoms with E-state index in [2.05, 4.69) is 20.9 Å². The number of halogens is 2. The summed E-state index contributed by atoms with van der Waals surface area (Å²) in [5, 5.41) is 3.25. The Bertz CT molecular complexity index is 722. The summed E-state index contributed by atoms with van der Waals surface area (Å²) in [4.78, 5) is 45.8. The van der Waals surface area contributed by atoms with Crippen LogP contribution in [0.15, 0.2) is 30.4 Å². The Kier molecular flexibility index (Phi) is 9.18. The quantitative estimate of drug-likeness (QED) is 0.367. The molecule has 26 heavy (non-hydrogen) atoms. The lowest BCUT2D eigenvalue weighted by Crippen LogP contribution is -2.41. The van der Waals surface area contributed by atoms with E-state index >= 15 is 0 Å². The van der Waals surface area contributed by atoms with Crippen LogP contribution in [0.4, 0.5) is 5.69 Å². The van der Waals surface area contributed by atoms with E-state index in [1.165, 1.54) is 6.07 Å². The van der Waals surface area contributed by atoms with Crippen molar-refractivity contribution in [2.45, 2.75) is 19.8 Å². The van der Waals surface area contributed by atoms with Crippen LogP contribution < -0.4 is 16.2 Å². The summed E-state index contributed by atoms with van der Waals surface area (Å²) in [5.41, 5.74) is 4.55. The van der Waals surface area contributed by atoms with Gasteiger partial charge in [0.1, 0.15) is 0 Å². The van der Waals surface area contributed by atoms with E-state index in [9.17, 15) is 19.2 Å². The summed E-state index contributed by atoms with van der Waals surface area (Å²) in [6.45, 7) is 1.81. The summed E-state index contributed by atoms with van der Waals surface area (Å²) in [7, 11) is 0. The molecule has 0 atom stereocenters. The van der Waals surface area contributed by atoms with Gasteiger partial charge >= 0.3 is 5.97 Å². The first kappa shape index (κ1) is 21.5. The number of hydrazine groups is 1. The van der Waals surface area contributed by atoms with Gasteiger partial charge in [-0.15, -0.1) is 0 Å². The van der Waals surface area contributed by atoms with E-state index < -0.39 is 23.7 Å². The Labute approximate surface area is 159 Å². The monoisotopic (exact) mass is 401 g/mol. The first-order valence-electron chi connectivity index (χ1n) is 7.50. The van der Waals surface area contributed by atoms with Crippen molar-refractivity contribution in [1.29, 1.82) is 0 Å². The number of hydrogen-bond acceptors (Lipinski definition) is 5. The smallest absolute Gasteiger partial charge is 0.330 e. The van der Waals surface area contributed by atoms with E-state index in [1.807, 2.05) is 0 Å². The zero-order valence-corrected chi connectivity index (χ0v) is 15.3. The summed E-state index contributed by atoms with van der Waals surface area (Å²) in [6, 6.07) is 4.58. The van der Waals surface area contributed by atoms with E-state index in [0.29, 0.717) is 10.7 Å². The van der Waals surface area contributed by atoms with Crippen LogP contribution in [0.1, 0.15) is 19.8 Å². The number of benzene rings is 1. The maximum absolute atomic E-state index is 11.8. The predicted molar refractivity (Wildman–Crippen MR) is 96.4 cm³/mol. The standard InChI is InChI=1S/C16H17Cl2N3O5/c1-2-26-16(25)8-7-15(24)21-20-14(23)6-5-13(22)19-12-4-3-10(17)9-11(12)18/h3-4,7-9H,2,5-6H2,1H3,(H,19,22)(H,20,23)(H,21,24). The van der Waals surface area contributed by atoms with Crippen molar-refractivity contribution in [1.82, 2.24) is 10.9 Å². The fourth-order valence-electron chi connectivity index (χ4n) is 1.60. The third-order valence-corrected chi connectivity index (χ3v) is 3.31. The molecule has 0 radical (unpaired) electrons. The number of anilines is 1. The van der Waals surface area contributed by atoms with Gasteiger partial charge in [-0.2, -0.15) is 0 Å². The molecule has 0 heterocycles. The van der Waals surface area contributed by atoms with Crippen molar-refractivity contribution in [2.75, 3.05) is 11.9 Å². The first-order chi connectivity index (χ1) is 12.3. The molecule has 0 saturated carbocycles. The predicted octanol–water partition coefficient (Wildman–Crippen LogP) is 1.98. The van der Waals surface area contributed by atoms with E-state index in [4.69, 9.17) is 23.2 Å². The fourth-order valence-corrected chi connectivity index (χ4v) is 2.06. The van der Waals surface area contributed by atoms with Gasteiger partial charge in [0.2, 0.25) is 11.8 Å². The molecule has 0 aliphatic rings. The lowest BCUT2D eigenvalue weighted by atomic mass is 10.2. The highest BCUT2D eigenvalue weighted by atomic mass is 35.5. The van der Waals surface area contributed by atoms with E-state index in [0.717, 1.165) is 12.2 Å². The molecule has 1 aromatic carbocycles. The molecular formula is C16H17Cl2N3O5. The Morgan fingerprint density at radius 2 is 1.73 bits per heavy atom. The second-order valence-corrected chi connectivity index (χ2v) is 5.64. The molecule has 3 amide bonds. The molecule has 1 aromatic rings. The third-order valence-electron chi connectivity index (χ3n) is 2.77. The van der Waals surface area contributed by atoms with Crippen LogP contribution in [-0.2, 0) is 23.9 Å². The molecule has 3 N–H and O–H groups in total. The lowest BCUT2D eigenvalue weighted by molar-refractivity contribution is -0.137. The Morgan fingerprint density at radius 3 is 2.38 bits per heavy atom. The maximum atomic E-state index is 11.8. The zero-order chi connectivity index (χ0) is 19.5. The minimum absolute atomic E-state index is 0.126. The highest BCUT2D eigenvalue weighted by Gasteiger charge is 2.10. The number of carbonyl (C=O) groups is 4. The number of carbonyl (C=O) groups excluding carboxylic acids is 4. The van der Waals surface area contributed by atoms with Crippen LogP contribution in [-0.4, -0.2) is 30.3 Å². The van der Waals surface area contributed by atoms with E-state index in [1.54, 1.807) is 19.1 Å². The molecule has 0 aromatic heterocycles. The first-order valence-corrected chi connectivity index (χ1v) is 8.26. The Hall–Kier alpha value is -2.58. The zero-order valence-electron chi connectivity index (χ0n) is 13.8. The maximum Gasteiger partial charge on any atom is 0.330 e. The number of rotatable bonds is 7. The molecule has 8 nitrogen and oxygen atoms in total. The molecule has 10 heteroatoms. The van der Waals surface area contributed by atoms with Crippen LogP contribution in [0.5, 0.6) is 0 Å². The number of esters is 1. The van der Waals surface area contributed by atoms with Crippen LogP contribution >= 0.6 is 23.2 Å². The summed E-state index contributed by atoms with van der Waals surface area (Å²) in [5.74, 6) is -2.41. The van der Waals surface area contributed by atoms with Crippen molar-refractivity contribution in [3.05, 3.63) is 40.4 Å². The third kappa shape index (κ3) is 8.50. The second kappa shape index (κ2) is 11.1. The lowest BCUT2D eigenvalue weighted by Gasteiger charge is -2.08. The molecule has 0 aliphatic heterocycles. The molecular weight excluding hydrogens is 385 g/mol. The fraction of sp³-hybridized carbons (Fsp3) is 0.250. The van der Waals surface area contributed by atoms with Crippen LogP contribution in [0.2, 0.25) is 10.0 Å². The molecule has 140 valence electrons. The van der Waals surface area contributed by atoms with Gasteiger partial charge in [0, 0.05) is 30.0 Å². The highest BCUT2D eigenvalue weighted by molar-refractivity contribution is 6.36. The van der Waals surface area contributed by atoms with Gasteiger partial charge in [-0.3, -0.25) is 25.2 Å². The largest absolute Gasteiger partial charge is 0.463 e. The molecule has 0 aliphatic carbocycles. The number of nitrogens with one attached hydrogen (secondary N) is 3. The van der Waals surface area contributed by atoms with Crippen molar-refractivity contribution in [3.8, 4) is 0 Å². The number of hydrogen-bond donors (Lipinski definition) is 3. The summed E-state index contributed by atoms with van der Waals surface area (Å²) < 4.78 is 4.59. The Balaban J connectivity index is 2.32. The SMILES string of the molecule is CCOC(=O)C=CC(=O)NNC(=O)CCC(=O)Nc1ccc(Cl)cc1Cl. The second-order valence-electron chi connectivity index (χ2n) is 4.80. The Morgan fingerprint density at radius 1 is 1.04 bits per heavy atom. The van der Waals surface area contributed by atoms with Gasteiger partial charge in [-0.1, -0.05) is 23.2 Å². The van der Waals surface area contributed by atoms with Crippen molar-refractivity contribution >= 4 is 52.6 Å². The van der Waals surface area contributed by atoms with Gasteiger partial charge in [-0.05, 0) is 25.1 Å². The van der Waals surface area contributed by atoms with Crippen molar-refractivity contribution in [2.24, 2.45) is 0 Å². The average Bonchev–Trinajstić information content (AvgIpc) is 2.59. The van der Waals surface area contributed by atoms with Gasteiger partial charge in [0.15, 0.2) is 0 Å². The minimum Gasteiger partial charge on any atom is -0.463 e. The molecule has 0 unspecified atom stereocenters. The molecule has 0 fully saturated rings. The van der Waals surface area contributed by atoms with Gasteiger partial charge in [0.05, 0.1) is 17.3 Å². The van der Waals surface area contributed by atoms with Gasteiger partial charge in [0.25, 0.3) is 5.91 Å². The van der Waals surface area contributed by atoms with Crippen molar-refractivity contribution in [3.63, 3.8) is 0 Å². The van der Waals surface area contributed by atoms with Crippen LogP contribution in [0, 0.1) is 0 Å².